The molecule has 2 N–H and O–H groups in total. The molecule has 0 spiro atoms. The van der Waals surface area contributed by atoms with Crippen LogP contribution in [0, 0.1) is 0 Å². The Bertz CT molecular complexity index is 996. The molecule has 28 heavy (non-hydrogen) atoms. The van der Waals surface area contributed by atoms with E-state index in [0.29, 0.717) is 5.00 Å². The highest BCUT2D eigenvalue weighted by Crippen LogP contribution is 2.36. The maximum absolute atomic E-state index is 13.4. The molecule has 1 amide bonds. The van der Waals surface area contributed by atoms with Crippen molar-refractivity contribution in [2.45, 2.75) is 49.2 Å². The zero-order valence-corrected chi connectivity index (χ0v) is 17.4. The van der Waals surface area contributed by atoms with E-state index in [0.717, 1.165) is 21.3 Å². The third kappa shape index (κ3) is 3.83. The highest BCUT2D eigenvalue weighted by molar-refractivity contribution is 7.91. The number of alkyl halides is 2. The second-order valence-corrected chi connectivity index (χ2v) is 11.0. The summed E-state index contributed by atoms with van der Waals surface area (Å²) in [4.78, 5) is 12.0. The normalized spacial score (nSPS) is 18.3. The van der Waals surface area contributed by atoms with Crippen molar-refractivity contribution in [2.75, 3.05) is 13.1 Å². The smallest absolute Gasteiger partial charge is 0.252 e. The van der Waals surface area contributed by atoms with Crippen LogP contribution in [0.1, 0.15) is 49.7 Å². The van der Waals surface area contributed by atoms with Crippen molar-refractivity contribution < 1.29 is 22.0 Å². The first-order chi connectivity index (χ1) is 12.8. The van der Waals surface area contributed by atoms with E-state index < -0.39 is 34.7 Å². The van der Waals surface area contributed by atoms with Crippen LogP contribution in [0.5, 0.6) is 0 Å². The van der Waals surface area contributed by atoms with Crippen molar-refractivity contribution in [3.05, 3.63) is 29.6 Å². The molecule has 3 heterocycles. The molecular weight excluding hydrogens is 410 g/mol. The van der Waals surface area contributed by atoms with Gasteiger partial charge in [0.2, 0.25) is 0 Å². The number of sulfonamides is 1. The minimum atomic E-state index is -4.02. The zero-order valence-electron chi connectivity index (χ0n) is 15.8. The Kier molecular flexibility index (Phi) is 5.13. The molecule has 0 unspecified atom stereocenters. The van der Waals surface area contributed by atoms with Gasteiger partial charge in [0.05, 0.1) is 11.3 Å². The van der Waals surface area contributed by atoms with E-state index in [2.05, 4.69) is 5.10 Å². The van der Waals surface area contributed by atoms with Crippen molar-refractivity contribution in [3.8, 4) is 5.00 Å². The van der Waals surface area contributed by atoms with Gasteiger partial charge in [0.1, 0.15) is 9.21 Å². The molecule has 1 fully saturated rings. The third-order valence-corrected chi connectivity index (χ3v) is 8.07. The number of nitrogens with two attached hydrogens (primary N) is 1. The number of piperidine rings is 1. The summed E-state index contributed by atoms with van der Waals surface area (Å²) >= 11 is 0.859. The summed E-state index contributed by atoms with van der Waals surface area (Å²) in [5.41, 5.74) is 5.96. The van der Waals surface area contributed by atoms with Gasteiger partial charge in [-0.05, 0) is 12.1 Å². The number of rotatable bonds is 4. The zero-order chi connectivity index (χ0) is 20.9. The first-order valence-electron chi connectivity index (χ1n) is 8.69. The highest BCUT2D eigenvalue weighted by atomic mass is 32.2. The minimum absolute atomic E-state index is 0.0279. The molecule has 154 valence electrons. The number of hydrogen-bond acceptors (Lipinski definition) is 5. The van der Waals surface area contributed by atoms with Gasteiger partial charge in [0.15, 0.2) is 0 Å². The van der Waals surface area contributed by atoms with E-state index in [1.165, 1.54) is 10.7 Å². The van der Waals surface area contributed by atoms with Gasteiger partial charge in [-0.1, -0.05) is 20.8 Å². The van der Waals surface area contributed by atoms with Crippen molar-refractivity contribution in [3.63, 3.8) is 0 Å². The lowest BCUT2D eigenvalue weighted by Gasteiger charge is -2.30. The summed E-state index contributed by atoms with van der Waals surface area (Å²) in [5.74, 6) is -3.64. The molecule has 3 rings (SSSR count). The third-order valence-electron chi connectivity index (χ3n) is 4.61. The number of halogens is 2. The van der Waals surface area contributed by atoms with Crippen LogP contribution in [0.3, 0.4) is 0 Å². The first-order valence-corrected chi connectivity index (χ1v) is 10.9. The van der Waals surface area contributed by atoms with Gasteiger partial charge in [-0.25, -0.2) is 21.9 Å². The quantitative estimate of drug-likeness (QED) is 0.803. The number of carbonyl (C=O) groups excluding carboxylic acids is 1. The fraction of sp³-hybridized carbons (Fsp3) is 0.529. The first kappa shape index (κ1) is 20.9. The fourth-order valence-corrected chi connectivity index (χ4v) is 6.06. The monoisotopic (exact) mass is 432 g/mol. The maximum atomic E-state index is 13.4. The molecule has 0 aromatic carbocycles. The standard InChI is InChI=1S/C17H22F2N4O3S2/c1-16(2,3)12-4-7-21-23(12)15-11(14(20)24)10-13(27-15)28(25,26)22-8-5-17(18,19)6-9-22/h4,7,10H,5-6,8-9H2,1-3H3,(H2,20,24). The summed E-state index contributed by atoms with van der Waals surface area (Å²) in [7, 11) is -4.02. The van der Waals surface area contributed by atoms with Crippen LogP contribution in [0.4, 0.5) is 8.78 Å². The minimum Gasteiger partial charge on any atom is -0.366 e. The van der Waals surface area contributed by atoms with E-state index in [-0.39, 0.29) is 28.3 Å². The number of thiophene rings is 1. The van der Waals surface area contributed by atoms with Crippen LogP contribution in [-0.4, -0.2) is 47.4 Å². The lowest BCUT2D eigenvalue weighted by molar-refractivity contribution is -0.0411. The van der Waals surface area contributed by atoms with Gasteiger partial charge in [-0.2, -0.15) is 9.40 Å². The Morgan fingerprint density at radius 3 is 2.43 bits per heavy atom. The molecule has 2 aromatic heterocycles. The van der Waals surface area contributed by atoms with Gasteiger partial charge in [0.25, 0.3) is 21.9 Å². The molecule has 1 aliphatic heterocycles. The Hall–Kier alpha value is -1.85. The molecule has 1 saturated heterocycles. The SMILES string of the molecule is CC(C)(C)c1ccnn1-c1sc(S(=O)(=O)N2CCC(F)(F)CC2)cc1C(N)=O. The van der Waals surface area contributed by atoms with E-state index in [9.17, 15) is 22.0 Å². The van der Waals surface area contributed by atoms with Crippen LogP contribution in [0.15, 0.2) is 22.5 Å². The van der Waals surface area contributed by atoms with Crippen LogP contribution < -0.4 is 5.73 Å². The number of carbonyl (C=O) groups is 1. The number of nitrogens with zero attached hydrogens (tertiary/aromatic N) is 3. The van der Waals surface area contributed by atoms with Crippen molar-refractivity contribution >= 4 is 27.3 Å². The molecule has 0 atom stereocenters. The van der Waals surface area contributed by atoms with Crippen molar-refractivity contribution in [1.82, 2.24) is 14.1 Å². The molecule has 2 aromatic rings. The molecule has 11 heteroatoms. The molecule has 0 radical (unpaired) electrons. The second kappa shape index (κ2) is 6.89. The molecule has 7 nitrogen and oxygen atoms in total. The van der Waals surface area contributed by atoms with E-state index in [4.69, 9.17) is 5.73 Å². The van der Waals surface area contributed by atoms with E-state index in [1.54, 1.807) is 12.3 Å². The average Bonchev–Trinajstić information content (AvgIpc) is 3.21. The van der Waals surface area contributed by atoms with Gasteiger partial charge in [0, 0.05) is 37.5 Å². The predicted molar refractivity (Wildman–Crippen MR) is 102 cm³/mol. The molecule has 0 aliphatic carbocycles. The Labute approximate surface area is 166 Å². The van der Waals surface area contributed by atoms with Crippen molar-refractivity contribution in [2.24, 2.45) is 5.73 Å². The molecule has 1 aliphatic rings. The predicted octanol–water partition coefficient (Wildman–Crippen LogP) is 2.75. The lowest BCUT2D eigenvalue weighted by atomic mass is 9.92. The lowest BCUT2D eigenvalue weighted by Crippen LogP contribution is -2.42. The van der Waals surface area contributed by atoms with Crippen LogP contribution in [-0.2, 0) is 15.4 Å². The van der Waals surface area contributed by atoms with Crippen LogP contribution >= 0.6 is 11.3 Å². The fourth-order valence-electron chi connectivity index (χ4n) is 3.03. The summed E-state index contributed by atoms with van der Waals surface area (Å²) in [5, 5.41) is 4.53. The summed E-state index contributed by atoms with van der Waals surface area (Å²) < 4.78 is 55.1. The molecule has 0 saturated carbocycles. The van der Waals surface area contributed by atoms with Gasteiger partial charge >= 0.3 is 0 Å². The van der Waals surface area contributed by atoms with Gasteiger partial charge in [-0.15, -0.1) is 11.3 Å². The Morgan fingerprint density at radius 1 is 1.29 bits per heavy atom. The summed E-state index contributed by atoms with van der Waals surface area (Å²) in [6.07, 6.45) is 0.507. The number of aromatic nitrogens is 2. The number of amides is 1. The average molecular weight is 433 g/mol. The van der Waals surface area contributed by atoms with Crippen LogP contribution in [0.25, 0.3) is 5.00 Å². The largest absolute Gasteiger partial charge is 0.366 e. The van der Waals surface area contributed by atoms with E-state index in [1.807, 2.05) is 20.8 Å². The summed E-state index contributed by atoms with van der Waals surface area (Å²) in [6, 6.07) is 2.99. The van der Waals surface area contributed by atoms with E-state index >= 15 is 0 Å². The van der Waals surface area contributed by atoms with Crippen LogP contribution in [0.2, 0.25) is 0 Å². The van der Waals surface area contributed by atoms with Gasteiger partial charge < -0.3 is 5.73 Å². The summed E-state index contributed by atoms with van der Waals surface area (Å²) in [6.45, 7) is 5.34. The molecular formula is C17H22F2N4O3S2. The van der Waals surface area contributed by atoms with Crippen molar-refractivity contribution in [1.29, 1.82) is 0 Å². The maximum Gasteiger partial charge on any atom is 0.252 e. The van der Waals surface area contributed by atoms with Gasteiger partial charge in [-0.3, -0.25) is 4.79 Å². The highest BCUT2D eigenvalue weighted by Gasteiger charge is 2.39. The number of hydrogen-bond donors (Lipinski definition) is 1. The number of primary amides is 1. The topological polar surface area (TPSA) is 98.3 Å². The molecule has 0 bridgehead atoms. The Balaban J connectivity index is 2.05. The second-order valence-electron chi connectivity index (χ2n) is 7.79. The Morgan fingerprint density at radius 2 is 1.89 bits per heavy atom.